The minimum atomic E-state index is 0.0970. The number of rotatable bonds is 3. The van der Waals surface area contributed by atoms with E-state index in [-0.39, 0.29) is 11.9 Å². The highest BCUT2D eigenvalue weighted by Gasteiger charge is 2.23. The van der Waals surface area contributed by atoms with E-state index in [9.17, 15) is 4.79 Å². The Kier molecular flexibility index (Phi) is 4.24. The summed E-state index contributed by atoms with van der Waals surface area (Å²) in [6.45, 7) is 8.09. The molecule has 0 saturated carbocycles. The molecule has 1 aromatic rings. The number of hydrogen-bond acceptors (Lipinski definition) is 3. The SMILES string of the molecule is Cc1nn(C)c(C)c1CC(=O)NC1CNCCC1C. The molecule has 2 N–H and O–H groups in total. The second kappa shape index (κ2) is 5.74. The Morgan fingerprint density at radius 2 is 2.26 bits per heavy atom. The summed E-state index contributed by atoms with van der Waals surface area (Å²) in [6, 6.07) is 0.249. The van der Waals surface area contributed by atoms with Gasteiger partial charge in [0.15, 0.2) is 0 Å². The summed E-state index contributed by atoms with van der Waals surface area (Å²) in [5.41, 5.74) is 3.07. The lowest BCUT2D eigenvalue weighted by molar-refractivity contribution is -0.121. The highest BCUT2D eigenvalue weighted by molar-refractivity contribution is 5.79. The maximum Gasteiger partial charge on any atom is 0.224 e. The Bertz CT molecular complexity index is 466. The van der Waals surface area contributed by atoms with Crippen LogP contribution in [0, 0.1) is 19.8 Å². The monoisotopic (exact) mass is 264 g/mol. The Balaban J connectivity index is 1.97. The van der Waals surface area contributed by atoms with Gasteiger partial charge in [-0.15, -0.1) is 0 Å². The fourth-order valence-electron chi connectivity index (χ4n) is 2.67. The predicted octanol–water partition coefficient (Wildman–Crippen LogP) is 0.694. The molecule has 2 rings (SSSR count). The molecular formula is C14H24N4O. The zero-order valence-electron chi connectivity index (χ0n) is 12.3. The second-order valence-electron chi connectivity index (χ2n) is 5.59. The van der Waals surface area contributed by atoms with Crippen molar-refractivity contribution in [1.29, 1.82) is 0 Å². The van der Waals surface area contributed by atoms with E-state index in [0.29, 0.717) is 12.3 Å². The molecule has 2 heterocycles. The van der Waals surface area contributed by atoms with Crippen LogP contribution in [-0.2, 0) is 18.3 Å². The van der Waals surface area contributed by atoms with E-state index in [1.54, 1.807) is 0 Å². The van der Waals surface area contributed by atoms with Gasteiger partial charge in [-0.3, -0.25) is 9.48 Å². The standard InChI is InChI=1S/C14H24N4O/c1-9-5-6-15-8-13(9)16-14(19)7-12-10(2)17-18(4)11(12)3/h9,13,15H,5-8H2,1-4H3,(H,16,19). The summed E-state index contributed by atoms with van der Waals surface area (Å²) in [5, 5.41) is 10.8. The topological polar surface area (TPSA) is 59.0 Å². The number of carbonyl (C=O) groups excluding carboxylic acids is 1. The molecule has 19 heavy (non-hydrogen) atoms. The van der Waals surface area contributed by atoms with Crippen LogP contribution in [0.5, 0.6) is 0 Å². The van der Waals surface area contributed by atoms with Gasteiger partial charge >= 0.3 is 0 Å². The van der Waals surface area contributed by atoms with Gasteiger partial charge in [-0.2, -0.15) is 5.10 Å². The number of aromatic nitrogens is 2. The van der Waals surface area contributed by atoms with Crippen molar-refractivity contribution in [1.82, 2.24) is 20.4 Å². The molecule has 5 nitrogen and oxygen atoms in total. The van der Waals surface area contributed by atoms with Gasteiger partial charge in [-0.25, -0.2) is 0 Å². The van der Waals surface area contributed by atoms with E-state index in [0.717, 1.165) is 36.5 Å². The zero-order chi connectivity index (χ0) is 14.0. The number of hydrogen-bond donors (Lipinski definition) is 2. The second-order valence-corrected chi connectivity index (χ2v) is 5.59. The van der Waals surface area contributed by atoms with Crippen LogP contribution in [0.3, 0.4) is 0 Å². The number of nitrogens with zero attached hydrogens (tertiary/aromatic N) is 2. The first-order valence-electron chi connectivity index (χ1n) is 6.98. The normalized spacial score (nSPS) is 23.4. The largest absolute Gasteiger partial charge is 0.352 e. The molecule has 0 radical (unpaired) electrons. The zero-order valence-corrected chi connectivity index (χ0v) is 12.3. The average molecular weight is 264 g/mol. The molecule has 1 aromatic heterocycles. The van der Waals surface area contributed by atoms with Gasteiger partial charge in [0.2, 0.25) is 5.91 Å². The molecular weight excluding hydrogens is 240 g/mol. The van der Waals surface area contributed by atoms with E-state index in [1.807, 2.05) is 25.6 Å². The van der Waals surface area contributed by atoms with Gasteiger partial charge in [0.25, 0.3) is 0 Å². The maximum atomic E-state index is 12.2. The van der Waals surface area contributed by atoms with Gasteiger partial charge in [-0.05, 0) is 32.7 Å². The first-order valence-corrected chi connectivity index (χ1v) is 6.98. The van der Waals surface area contributed by atoms with Crippen molar-refractivity contribution in [3.8, 4) is 0 Å². The molecule has 0 aliphatic carbocycles. The quantitative estimate of drug-likeness (QED) is 0.844. The molecule has 0 bridgehead atoms. The van der Waals surface area contributed by atoms with Crippen molar-refractivity contribution < 1.29 is 4.79 Å². The molecule has 1 aliphatic heterocycles. The van der Waals surface area contributed by atoms with Crippen LogP contribution in [0.25, 0.3) is 0 Å². The van der Waals surface area contributed by atoms with E-state index in [2.05, 4.69) is 22.7 Å². The van der Waals surface area contributed by atoms with Gasteiger partial charge in [-0.1, -0.05) is 6.92 Å². The number of piperidine rings is 1. The Hall–Kier alpha value is -1.36. The fraction of sp³-hybridized carbons (Fsp3) is 0.714. The van der Waals surface area contributed by atoms with Crippen molar-refractivity contribution in [2.45, 2.75) is 39.7 Å². The van der Waals surface area contributed by atoms with Gasteiger partial charge in [0.1, 0.15) is 0 Å². The first kappa shape index (κ1) is 14.1. The van der Waals surface area contributed by atoms with E-state index >= 15 is 0 Å². The number of nitrogens with one attached hydrogen (secondary N) is 2. The molecule has 2 unspecified atom stereocenters. The van der Waals surface area contributed by atoms with Crippen LogP contribution in [0.2, 0.25) is 0 Å². The van der Waals surface area contributed by atoms with E-state index < -0.39 is 0 Å². The van der Waals surface area contributed by atoms with Crippen molar-refractivity contribution >= 4 is 5.91 Å². The van der Waals surface area contributed by atoms with Crippen LogP contribution in [0.4, 0.5) is 0 Å². The highest BCUT2D eigenvalue weighted by Crippen LogP contribution is 2.14. The van der Waals surface area contributed by atoms with Gasteiger partial charge in [0, 0.05) is 30.9 Å². The van der Waals surface area contributed by atoms with E-state index in [1.165, 1.54) is 0 Å². The summed E-state index contributed by atoms with van der Waals surface area (Å²) in [7, 11) is 1.91. The molecule has 1 aliphatic rings. The number of amides is 1. The predicted molar refractivity (Wildman–Crippen MR) is 75.0 cm³/mol. The third-order valence-electron chi connectivity index (χ3n) is 4.17. The van der Waals surface area contributed by atoms with Crippen LogP contribution in [-0.4, -0.2) is 34.8 Å². The minimum absolute atomic E-state index is 0.0970. The van der Waals surface area contributed by atoms with Crippen LogP contribution < -0.4 is 10.6 Å². The molecule has 1 amide bonds. The smallest absolute Gasteiger partial charge is 0.224 e. The fourth-order valence-corrected chi connectivity index (χ4v) is 2.67. The third kappa shape index (κ3) is 3.15. The number of aryl methyl sites for hydroxylation is 2. The van der Waals surface area contributed by atoms with Crippen molar-refractivity contribution in [3.63, 3.8) is 0 Å². The molecule has 1 saturated heterocycles. The van der Waals surface area contributed by atoms with Crippen LogP contribution in [0.1, 0.15) is 30.3 Å². The molecule has 106 valence electrons. The molecule has 0 spiro atoms. The van der Waals surface area contributed by atoms with Crippen LogP contribution in [0.15, 0.2) is 0 Å². The van der Waals surface area contributed by atoms with Gasteiger partial charge in [0.05, 0.1) is 12.1 Å². The number of carbonyl (C=O) groups is 1. The van der Waals surface area contributed by atoms with E-state index in [4.69, 9.17) is 0 Å². The summed E-state index contributed by atoms with van der Waals surface area (Å²) in [5.74, 6) is 0.640. The first-order chi connectivity index (χ1) is 8.99. The Morgan fingerprint density at radius 1 is 1.53 bits per heavy atom. The Labute approximate surface area is 114 Å². The summed E-state index contributed by atoms with van der Waals surface area (Å²) < 4.78 is 1.84. The van der Waals surface area contributed by atoms with Crippen molar-refractivity contribution in [2.24, 2.45) is 13.0 Å². The average Bonchev–Trinajstić information content (AvgIpc) is 2.59. The molecule has 2 atom stereocenters. The summed E-state index contributed by atoms with van der Waals surface area (Å²) in [4.78, 5) is 12.2. The van der Waals surface area contributed by atoms with Crippen LogP contribution >= 0.6 is 0 Å². The van der Waals surface area contributed by atoms with Crippen molar-refractivity contribution in [2.75, 3.05) is 13.1 Å². The Morgan fingerprint density at radius 3 is 2.84 bits per heavy atom. The van der Waals surface area contributed by atoms with Crippen molar-refractivity contribution in [3.05, 3.63) is 17.0 Å². The minimum Gasteiger partial charge on any atom is -0.352 e. The molecule has 5 heteroatoms. The lowest BCUT2D eigenvalue weighted by atomic mass is 9.94. The summed E-state index contributed by atoms with van der Waals surface area (Å²) in [6.07, 6.45) is 1.55. The maximum absolute atomic E-state index is 12.2. The third-order valence-corrected chi connectivity index (χ3v) is 4.17. The molecule has 1 fully saturated rings. The van der Waals surface area contributed by atoms with Gasteiger partial charge < -0.3 is 10.6 Å². The lowest BCUT2D eigenvalue weighted by Crippen LogP contribution is -2.50. The summed E-state index contributed by atoms with van der Waals surface area (Å²) >= 11 is 0. The molecule has 0 aromatic carbocycles. The highest BCUT2D eigenvalue weighted by atomic mass is 16.1. The lowest BCUT2D eigenvalue weighted by Gasteiger charge is -2.30.